The van der Waals surface area contributed by atoms with E-state index in [1.54, 1.807) is 11.3 Å². The molecule has 2 aromatic rings. The summed E-state index contributed by atoms with van der Waals surface area (Å²) in [5, 5.41) is 8.24. The Morgan fingerprint density at radius 1 is 1.10 bits per heavy atom. The highest BCUT2D eigenvalue weighted by Crippen LogP contribution is 2.26. The lowest BCUT2D eigenvalue weighted by atomic mass is 9.86. The average molecular weight is 301 g/mol. The number of aryl methyl sites for hydroxylation is 1. The molecule has 0 aliphatic rings. The van der Waals surface area contributed by atoms with Crippen LogP contribution in [-0.4, -0.2) is 12.6 Å². The molecular weight excluding hydrogens is 274 g/mol. The minimum absolute atomic E-state index is 0.567. The molecule has 2 atom stereocenters. The molecule has 0 radical (unpaired) electrons. The largest absolute Gasteiger partial charge is 0.313 e. The van der Waals surface area contributed by atoms with Crippen LogP contribution < -0.4 is 5.32 Å². The fourth-order valence-corrected chi connectivity index (χ4v) is 3.69. The van der Waals surface area contributed by atoms with Gasteiger partial charge in [0.25, 0.3) is 0 Å². The number of benzene rings is 1. The number of hydrogen-bond donors (Lipinski definition) is 1. The van der Waals surface area contributed by atoms with Gasteiger partial charge in [0, 0.05) is 6.04 Å². The lowest BCUT2D eigenvalue weighted by Crippen LogP contribution is -2.35. The van der Waals surface area contributed by atoms with Crippen LogP contribution in [0.1, 0.15) is 50.2 Å². The molecule has 0 amide bonds. The van der Waals surface area contributed by atoms with Crippen LogP contribution >= 0.6 is 11.3 Å². The van der Waals surface area contributed by atoms with Crippen molar-refractivity contribution < 1.29 is 0 Å². The Morgan fingerprint density at radius 2 is 1.90 bits per heavy atom. The maximum atomic E-state index is 3.78. The van der Waals surface area contributed by atoms with Gasteiger partial charge in [0.15, 0.2) is 0 Å². The summed E-state index contributed by atoms with van der Waals surface area (Å²) in [6.45, 7) is 5.66. The van der Waals surface area contributed by atoms with Gasteiger partial charge < -0.3 is 5.32 Å². The molecule has 1 aromatic heterocycles. The van der Waals surface area contributed by atoms with Crippen LogP contribution in [0.25, 0.3) is 0 Å². The van der Waals surface area contributed by atoms with Crippen LogP contribution in [0.5, 0.6) is 0 Å². The first-order chi connectivity index (χ1) is 10.3. The van der Waals surface area contributed by atoms with Gasteiger partial charge in [-0.3, -0.25) is 0 Å². The quantitative estimate of drug-likeness (QED) is 0.667. The van der Waals surface area contributed by atoms with Gasteiger partial charge >= 0.3 is 0 Å². The molecule has 0 saturated heterocycles. The predicted octanol–water partition coefficient (Wildman–Crippen LogP) is 5.24. The van der Waals surface area contributed by atoms with E-state index >= 15 is 0 Å². The van der Waals surface area contributed by atoms with Crippen molar-refractivity contribution in [3.63, 3.8) is 0 Å². The third kappa shape index (κ3) is 4.98. The fourth-order valence-electron chi connectivity index (χ4n) is 2.99. The van der Waals surface area contributed by atoms with Gasteiger partial charge in [0.1, 0.15) is 0 Å². The zero-order valence-electron chi connectivity index (χ0n) is 13.2. The lowest BCUT2D eigenvalue weighted by Gasteiger charge is -2.28. The van der Waals surface area contributed by atoms with E-state index in [9.17, 15) is 0 Å². The molecule has 21 heavy (non-hydrogen) atoms. The van der Waals surface area contributed by atoms with Crippen LogP contribution in [-0.2, 0) is 6.42 Å². The molecule has 2 rings (SSSR count). The monoisotopic (exact) mass is 301 g/mol. The Morgan fingerprint density at radius 3 is 2.52 bits per heavy atom. The van der Waals surface area contributed by atoms with E-state index in [4.69, 9.17) is 0 Å². The van der Waals surface area contributed by atoms with Crippen molar-refractivity contribution in [1.29, 1.82) is 0 Å². The maximum Gasteiger partial charge on any atom is 0.0139 e. The summed E-state index contributed by atoms with van der Waals surface area (Å²) in [5.41, 5.74) is 2.95. The topological polar surface area (TPSA) is 12.0 Å². The Kier molecular flexibility index (Phi) is 6.98. The van der Waals surface area contributed by atoms with Gasteiger partial charge in [-0.1, -0.05) is 44.2 Å². The minimum Gasteiger partial charge on any atom is -0.313 e. The summed E-state index contributed by atoms with van der Waals surface area (Å²) < 4.78 is 0. The van der Waals surface area contributed by atoms with E-state index in [0.29, 0.717) is 12.0 Å². The van der Waals surface area contributed by atoms with Crippen molar-refractivity contribution in [1.82, 2.24) is 5.32 Å². The summed E-state index contributed by atoms with van der Waals surface area (Å²) in [4.78, 5) is 0. The Labute approximate surface area is 133 Å². The van der Waals surface area contributed by atoms with Gasteiger partial charge in [-0.25, -0.2) is 0 Å². The zero-order chi connectivity index (χ0) is 14.9. The van der Waals surface area contributed by atoms with Gasteiger partial charge in [0.2, 0.25) is 0 Å². The SMILES string of the molecule is CCCNC(CCc1ccsc1)C(CC)c1ccccc1. The second-order valence-corrected chi connectivity index (χ2v) is 6.44. The maximum absolute atomic E-state index is 3.78. The van der Waals surface area contributed by atoms with Crippen LogP contribution in [0, 0.1) is 0 Å². The molecule has 2 heteroatoms. The third-order valence-electron chi connectivity index (χ3n) is 4.13. The number of thiophene rings is 1. The normalized spacial score (nSPS) is 14.0. The molecule has 1 N–H and O–H groups in total. The second kappa shape index (κ2) is 9.01. The van der Waals surface area contributed by atoms with Gasteiger partial charge in [-0.05, 0) is 66.1 Å². The van der Waals surface area contributed by atoms with Gasteiger partial charge in [-0.2, -0.15) is 11.3 Å². The smallest absolute Gasteiger partial charge is 0.0139 e. The summed E-state index contributed by atoms with van der Waals surface area (Å²) in [7, 11) is 0. The molecule has 1 heterocycles. The Balaban J connectivity index is 2.05. The molecule has 0 aliphatic carbocycles. The number of nitrogens with one attached hydrogen (secondary N) is 1. The molecule has 0 fully saturated rings. The molecule has 0 spiro atoms. The van der Waals surface area contributed by atoms with E-state index in [1.165, 1.54) is 36.8 Å². The van der Waals surface area contributed by atoms with E-state index in [-0.39, 0.29) is 0 Å². The number of hydrogen-bond acceptors (Lipinski definition) is 2. The summed E-state index contributed by atoms with van der Waals surface area (Å²) in [5.74, 6) is 0.608. The van der Waals surface area contributed by atoms with Crippen molar-refractivity contribution in [3.05, 3.63) is 58.3 Å². The molecule has 1 aromatic carbocycles. The molecule has 1 nitrogen and oxygen atoms in total. The van der Waals surface area contributed by atoms with Gasteiger partial charge in [0.05, 0.1) is 0 Å². The van der Waals surface area contributed by atoms with Crippen LogP contribution in [0.4, 0.5) is 0 Å². The van der Waals surface area contributed by atoms with E-state index in [0.717, 1.165) is 6.54 Å². The van der Waals surface area contributed by atoms with Crippen molar-refractivity contribution in [3.8, 4) is 0 Å². The number of rotatable bonds is 9. The zero-order valence-corrected chi connectivity index (χ0v) is 14.0. The van der Waals surface area contributed by atoms with Crippen molar-refractivity contribution in [2.75, 3.05) is 6.54 Å². The van der Waals surface area contributed by atoms with Crippen molar-refractivity contribution >= 4 is 11.3 Å². The lowest BCUT2D eigenvalue weighted by molar-refractivity contribution is 0.399. The Hall–Kier alpha value is -1.12. The highest BCUT2D eigenvalue weighted by Gasteiger charge is 2.20. The highest BCUT2D eigenvalue weighted by atomic mass is 32.1. The highest BCUT2D eigenvalue weighted by molar-refractivity contribution is 7.07. The van der Waals surface area contributed by atoms with E-state index < -0.39 is 0 Å². The van der Waals surface area contributed by atoms with Gasteiger partial charge in [-0.15, -0.1) is 0 Å². The van der Waals surface area contributed by atoms with Crippen LogP contribution in [0.15, 0.2) is 47.2 Å². The first kappa shape index (κ1) is 16.3. The minimum atomic E-state index is 0.567. The summed E-state index contributed by atoms with van der Waals surface area (Å²) in [6.07, 6.45) is 4.77. The van der Waals surface area contributed by atoms with Crippen molar-refractivity contribution in [2.24, 2.45) is 0 Å². The Bertz CT molecular complexity index is 478. The molecular formula is C19H27NS. The predicted molar refractivity (Wildman–Crippen MR) is 94.2 cm³/mol. The van der Waals surface area contributed by atoms with Crippen LogP contribution in [0.2, 0.25) is 0 Å². The molecule has 0 bridgehead atoms. The summed E-state index contributed by atoms with van der Waals surface area (Å²) in [6, 6.07) is 13.8. The molecule has 2 unspecified atom stereocenters. The second-order valence-electron chi connectivity index (χ2n) is 5.66. The average Bonchev–Trinajstić information content (AvgIpc) is 3.04. The first-order valence-corrected chi connectivity index (χ1v) is 9.08. The third-order valence-corrected chi connectivity index (χ3v) is 4.87. The summed E-state index contributed by atoms with van der Waals surface area (Å²) >= 11 is 1.80. The fraction of sp³-hybridized carbons (Fsp3) is 0.474. The first-order valence-electron chi connectivity index (χ1n) is 8.14. The molecule has 114 valence electrons. The van der Waals surface area contributed by atoms with E-state index in [2.05, 4.69) is 66.3 Å². The standard InChI is InChI=1S/C19H27NS/c1-3-13-20-19(11-10-16-12-14-21-15-16)18(4-2)17-8-6-5-7-9-17/h5-9,12,14-15,18-20H,3-4,10-11,13H2,1-2H3. The molecule has 0 aliphatic heterocycles. The van der Waals surface area contributed by atoms with Crippen molar-refractivity contribution in [2.45, 2.75) is 51.5 Å². The molecule has 0 saturated carbocycles. The van der Waals surface area contributed by atoms with Crippen LogP contribution in [0.3, 0.4) is 0 Å². The van der Waals surface area contributed by atoms with E-state index in [1.807, 2.05) is 0 Å².